The molecule has 154 valence electrons. The number of benzene rings is 2. The molecule has 3 aromatic rings. The number of hydrogen-bond donors (Lipinski definition) is 1. The van der Waals surface area contributed by atoms with E-state index in [1.165, 1.54) is 7.11 Å². The van der Waals surface area contributed by atoms with Crippen LogP contribution < -0.4 is 14.8 Å². The maximum Gasteiger partial charge on any atom is 0.258 e. The van der Waals surface area contributed by atoms with Crippen LogP contribution in [0.3, 0.4) is 0 Å². The lowest BCUT2D eigenvalue weighted by Gasteiger charge is -2.11. The summed E-state index contributed by atoms with van der Waals surface area (Å²) in [5.74, 6) is 0.586. The number of rotatable bonds is 8. The highest BCUT2D eigenvalue weighted by atomic mass is 16.5. The van der Waals surface area contributed by atoms with Gasteiger partial charge in [0.15, 0.2) is 18.1 Å². The fraction of sp³-hybridized carbons (Fsp3) is 0.261. The van der Waals surface area contributed by atoms with E-state index in [9.17, 15) is 4.79 Å². The van der Waals surface area contributed by atoms with Gasteiger partial charge < -0.3 is 14.8 Å². The van der Waals surface area contributed by atoms with Gasteiger partial charge in [0.1, 0.15) is 0 Å². The number of carbonyl (C=O) groups excluding carboxylic acids is 1. The standard InChI is InChI=1S/C23H24N4O3/c1-16-9-17(2)27(26-16)14-20-6-4-5-19(10-20)13-25-23(28)15-30-21-8-7-18(12-24)11-22(21)29-3/h4-11H,13-15H2,1-3H3,(H,25,28). The van der Waals surface area contributed by atoms with Gasteiger partial charge in [0.25, 0.3) is 5.91 Å². The Morgan fingerprint density at radius 1 is 1.13 bits per heavy atom. The van der Waals surface area contributed by atoms with Crippen molar-refractivity contribution in [2.75, 3.05) is 13.7 Å². The molecule has 7 nitrogen and oxygen atoms in total. The summed E-state index contributed by atoms with van der Waals surface area (Å²) in [5, 5.41) is 16.3. The summed E-state index contributed by atoms with van der Waals surface area (Å²) in [5.41, 5.74) is 4.69. The fourth-order valence-electron chi connectivity index (χ4n) is 3.10. The van der Waals surface area contributed by atoms with E-state index >= 15 is 0 Å². The van der Waals surface area contributed by atoms with E-state index in [1.54, 1.807) is 18.2 Å². The van der Waals surface area contributed by atoms with E-state index in [2.05, 4.69) is 16.5 Å². The number of nitriles is 1. The summed E-state index contributed by atoms with van der Waals surface area (Å²) in [6, 6.07) is 16.9. The third-order valence-corrected chi connectivity index (χ3v) is 4.57. The Morgan fingerprint density at radius 2 is 1.93 bits per heavy atom. The van der Waals surface area contributed by atoms with Crippen molar-refractivity contribution in [3.05, 3.63) is 76.6 Å². The summed E-state index contributed by atoms with van der Waals surface area (Å²) in [6.45, 7) is 4.95. The van der Waals surface area contributed by atoms with Crippen LogP contribution in [0.15, 0.2) is 48.5 Å². The fourth-order valence-corrected chi connectivity index (χ4v) is 3.10. The molecule has 7 heteroatoms. The van der Waals surface area contributed by atoms with E-state index in [0.717, 1.165) is 22.5 Å². The number of ether oxygens (including phenoxy) is 2. The molecule has 1 N–H and O–H groups in total. The zero-order valence-corrected chi connectivity index (χ0v) is 17.3. The number of aryl methyl sites for hydroxylation is 2. The first kappa shape index (κ1) is 20.9. The van der Waals surface area contributed by atoms with Crippen LogP contribution in [0.4, 0.5) is 0 Å². The number of nitrogens with zero attached hydrogens (tertiary/aromatic N) is 3. The Bertz CT molecular complexity index is 1080. The van der Waals surface area contributed by atoms with Crippen LogP contribution in [0, 0.1) is 25.2 Å². The van der Waals surface area contributed by atoms with Crippen LogP contribution in [0.5, 0.6) is 11.5 Å². The minimum Gasteiger partial charge on any atom is -0.493 e. The molecule has 0 aliphatic rings. The lowest BCUT2D eigenvalue weighted by molar-refractivity contribution is -0.123. The number of hydrogen-bond acceptors (Lipinski definition) is 5. The van der Waals surface area contributed by atoms with E-state index in [0.29, 0.717) is 30.2 Å². The van der Waals surface area contributed by atoms with Gasteiger partial charge in [-0.2, -0.15) is 10.4 Å². The third-order valence-electron chi connectivity index (χ3n) is 4.57. The van der Waals surface area contributed by atoms with Gasteiger partial charge in [-0.05, 0) is 43.2 Å². The van der Waals surface area contributed by atoms with Crippen molar-refractivity contribution >= 4 is 5.91 Å². The molecule has 0 bridgehead atoms. The van der Waals surface area contributed by atoms with Crippen molar-refractivity contribution in [2.45, 2.75) is 26.9 Å². The van der Waals surface area contributed by atoms with Crippen molar-refractivity contribution < 1.29 is 14.3 Å². The third kappa shape index (κ3) is 5.39. The molecule has 0 saturated heterocycles. The zero-order valence-electron chi connectivity index (χ0n) is 17.3. The van der Waals surface area contributed by atoms with Gasteiger partial charge in [-0.25, -0.2) is 0 Å². The molecule has 0 aliphatic heterocycles. The largest absolute Gasteiger partial charge is 0.493 e. The number of methoxy groups -OCH3 is 1. The quantitative estimate of drug-likeness (QED) is 0.623. The minimum absolute atomic E-state index is 0.145. The minimum atomic E-state index is -0.245. The predicted octanol–water partition coefficient (Wildman–Crippen LogP) is 3.12. The molecule has 0 saturated carbocycles. The number of amides is 1. The first-order valence-electron chi connectivity index (χ1n) is 9.55. The van der Waals surface area contributed by atoms with Crippen molar-refractivity contribution in [3.63, 3.8) is 0 Å². The van der Waals surface area contributed by atoms with Gasteiger partial charge in [0.05, 0.1) is 31.0 Å². The first-order chi connectivity index (χ1) is 14.5. The number of aromatic nitrogens is 2. The Labute approximate surface area is 175 Å². The maximum absolute atomic E-state index is 12.2. The molecule has 0 unspecified atom stereocenters. The number of nitrogens with one attached hydrogen (secondary N) is 1. The Hall–Kier alpha value is -3.79. The molecule has 1 amide bonds. The summed E-state index contributed by atoms with van der Waals surface area (Å²) in [4.78, 5) is 12.2. The molecule has 30 heavy (non-hydrogen) atoms. The SMILES string of the molecule is COc1cc(C#N)ccc1OCC(=O)NCc1cccc(Cn2nc(C)cc2C)c1. The van der Waals surface area contributed by atoms with E-state index in [4.69, 9.17) is 14.7 Å². The molecule has 0 spiro atoms. The maximum atomic E-state index is 12.2. The average Bonchev–Trinajstić information content (AvgIpc) is 3.07. The van der Waals surface area contributed by atoms with Gasteiger partial charge in [0, 0.05) is 18.3 Å². The van der Waals surface area contributed by atoms with Gasteiger partial charge in [0.2, 0.25) is 0 Å². The van der Waals surface area contributed by atoms with Crippen LogP contribution in [-0.2, 0) is 17.9 Å². The van der Waals surface area contributed by atoms with E-state index in [1.807, 2.05) is 48.9 Å². The predicted molar refractivity (Wildman–Crippen MR) is 112 cm³/mol. The molecule has 0 radical (unpaired) electrons. The molecular formula is C23H24N4O3. The Balaban J connectivity index is 1.54. The molecule has 0 fully saturated rings. The topological polar surface area (TPSA) is 89.2 Å². The highest BCUT2D eigenvalue weighted by molar-refractivity contribution is 5.77. The monoisotopic (exact) mass is 404 g/mol. The number of carbonyl (C=O) groups is 1. The van der Waals surface area contributed by atoms with Crippen LogP contribution in [0.1, 0.15) is 28.1 Å². The average molecular weight is 404 g/mol. The van der Waals surface area contributed by atoms with Gasteiger partial charge >= 0.3 is 0 Å². The highest BCUT2D eigenvalue weighted by Crippen LogP contribution is 2.27. The summed E-state index contributed by atoms with van der Waals surface area (Å²) >= 11 is 0. The molecule has 2 aromatic carbocycles. The molecule has 3 rings (SSSR count). The molecule has 0 aliphatic carbocycles. The van der Waals surface area contributed by atoms with E-state index < -0.39 is 0 Å². The van der Waals surface area contributed by atoms with Crippen LogP contribution >= 0.6 is 0 Å². The normalized spacial score (nSPS) is 10.3. The van der Waals surface area contributed by atoms with Crippen LogP contribution in [0.2, 0.25) is 0 Å². The van der Waals surface area contributed by atoms with Crippen LogP contribution in [0.25, 0.3) is 0 Å². The van der Waals surface area contributed by atoms with Crippen molar-refractivity contribution in [1.29, 1.82) is 5.26 Å². The van der Waals surface area contributed by atoms with Gasteiger partial charge in [-0.3, -0.25) is 9.48 Å². The zero-order chi connectivity index (χ0) is 21.5. The van der Waals surface area contributed by atoms with Crippen molar-refractivity contribution in [3.8, 4) is 17.6 Å². The molecule has 1 heterocycles. The van der Waals surface area contributed by atoms with Crippen molar-refractivity contribution in [2.24, 2.45) is 0 Å². The van der Waals surface area contributed by atoms with E-state index in [-0.39, 0.29) is 12.5 Å². The second-order valence-electron chi connectivity index (χ2n) is 6.95. The second-order valence-corrected chi connectivity index (χ2v) is 6.95. The lowest BCUT2D eigenvalue weighted by Crippen LogP contribution is -2.28. The molecular weight excluding hydrogens is 380 g/mol. The van der Waals surface area contributed by atoms with Gasteiger partial charge in [-0.1, -0.05) is 24.3 Å². The van der Waals surface area contributed by atoms with Gasteiger partial charge in [-0.15, -0.1) is 0 Å². The van der Waals surface area contributed by atoms with Crippen molar-refractivity contribution in [1.82, 2.24) is 15.1 Å². The Morgan fingerprint density at radius 3 is 2.63 bits per heavy atom. The second kappa shape index (κ2) is 9.61. The summed E-state index contributed by atoms with van der Waals surface area (Å²) in [6.07, 6.45) is 0. The summed E-state index contributed by atoms with van der Waals surface area (Å²) < 4.78 is 12.7. The first-order valence-corrected chi connectivity index (χ1v) is 9.55. The molecule has 1 aromatic heterocycles. The van der Waals surface area contributed by atoms with Crippen LogP contribution in [-0.4, -0.2) is 29.4 Å². The Kier molecular flexibility index (Phi) is 6.71. The summed E-state index contributed by atoms with van der Waals surface area (Å²) in [7, 11) is 1.49. The lowest BCUT2D eigenvalue weighted by atomic mass is 10.1. The molecule has 0 atom stereocenters. The highest BCUT2D eigenvalue weighted by Gasteiger charge is 2.09. The smallest absolute Gasteiger partial charge is 0.258 e.